The number of carbonyl (C=O) groups is 2. The van der Waals surface area contributed by atoms with Gasteiger partial charge in [0.1, 0.15) is 17.6 Å². The van der Waals surface area contributed by atoms with Crippen molar-refractivity contribution in [2.45, 2.75) is 19.1 Å². The Kier molecular flexibility index (Phi) is 8.70. The van der Waals surface area contributed by atoms with Gasteiger partial charge in [0.05, 0.1) is 7.11 Å². The lowest BCUT2D eigenvalue weighted by Gasteiger charge is -2.32. The summed E-state index contributed by atoms with van der Waals surface area (Å²) >= 11 is 1.25. The van der Waals surface area contributed by atoms with Crippen LogP contribution < -0.4 is 10.1 Å². The van der Waals surface area contributed by atoms with Crippen LogP contribution >= 0.6 is 11.3 Å². The minimum Gasteiger partial charge on any atom is -0.496 e. The van der Waals surface area contributed by atoms with Crippen molar-refractivity contribution >= 4 is 28.3 Å². The molecule has 10 heteroatoms. The predicted octanol–water partition coefficient (Wildman–Crippen LogP) is 4.77. The zero-order chi connectivity index (χ0) is 30.6. The van der Waals surface area contributed by atoms with Crippen molar-refractivity contribution in [2.24, 2.45) is 0 Å². The molecule has 0 spiro atoms. The minimum atomic E-state index is -1.15. The van der Waals surface area contributed by atoms with Gasteiger partial charge in [-0.25, -0.2) is 9.37 Å². The van der Waals surface area contributed by atoms with Gasteiger partial charge in [0.15, 0.2) is 5.13 Å². The van der Waals surface area contributed by atoms with E-state index in [1.54, 1.807) is 17.6 Å². The third-order valence-electron chi connectivity index (χ3n) is 7.96. The molecule has 0 saturated carbocycles. The molecule has 1 N–H and O–H groups in total. The Bertz CT molecular complexity index is 1720. The van der Waals surface area contributed by atoms with E-state index >= 15 is 0 Å². The molecule has 8 nitrogen and oxygen atoms in total. The molecular formula is C34H32FN5O3S. The number of fused-ring (bicyclic) bond motifs is 1. The SMILES string of the molecule is COc1ccc(F)cc1C(C(=O)Nc1nccs1)N1Cc2ccc(C#Cc3ccc(CN4CCN(C)CC4)cc3)cc2C1=O. The van der Waals surface area contributed by atoms with Crippen molar-refractivity contribution in [3.05, 3.63) is 111 Å². The Morgan fingerprint density at radius 2 is 1.80 bits per heavy atom. The number of hydrogen-bond acceptors (Lipinski definition) is 7. The highest BCUT2D eigenvalue weighted by atomic mass is 32.1. The zero-order valence-corrected chi connectivity index (χ0v) is 25.4. The Balaban J connectivity index is 1.21. The van der Waals surface area contributed by atoms with Gasteiger partial charge in [-0.2, -0.15) is 0 Å². The third kappa shape index (κ3) is 6.50. The van der Waals surface area contributed by atoms with Crippen molar-refractivity contribution in [1.29, 1.82) is 0 Å². The van der Waals surface area contributed by atoms with Crippen LogP contribution in [0.15, 0.2) is 72.2 Å². The van der Waals surface area contributed by atoms with Gasteiger partial charge in [-0.05, 0) is 60.6 Å². The number of rotatable bonds is 7. The van der Waals surface area contributed by atoms with E-state index in [0.717, 1.165) is 43.9 Å². The number of halogens is 1. The van der Waals surface area contributed by atoms with Crippen LogP contribution in [0.3, 0.4) is 0 Å². The highest BCUT2D eigenvalue weighted by Gasteiger charge is 2.39. The summed E-state index contributed by atoms with van der Waals surface area (Å²) in [5.74, 6) is 5.29. The number of hydrogen-bond donors (Lipinski definition) is 1. The van der Waals surface area contributed by atoms with E-state index in [1.807, 2.05) is 24.3 Å². The second kappa shape index (κ2) is 13.0. The van der Waals surface area contributed by atoms with Gasteiger partial charge >= 0.3 is 0 Å². The Morgan fingerprint density at radius 1 is 1.05 bits per heavy atom. The summed E-state index contributed by atoms with van der Waals surface area (Å²) in [6, 6.07) is 16.6. The summed E-state index contributed by atoms with van der Waals surface area (Å²) in [5.41, 5.74) is 4.30. The van der Waals surface area contributed by atoms with Gasteiger partial charge < -0.3 is 14.5 Å². The van der Waals surface area contributed by atoms with E-state index in [9.17, 15) is 14.0 Å². The van der Waals surface area contributed by atoms with E-state index in [-0.39, 0.29) is 18.0 Å². The standard InChI is InChI=1S/C34H32FN5O3S/c1-38-14-16-39(17-15-38)21-25-7-4-23(5-8-25)3-6-24-9-10-26-22-40(33(42)28(26)19-24)31(32(41)37-34-36-13-18-44-34)29-20-27(35)11-12-30(29)43-2/h4-5,7-13,18-20,31H,14-17,21-22H2,1-2H3,(H,36,37,41). The molecule has 3 aromatic carbocycles. The van der Waals surface area contributed by atoms with E-state index in [2.05, 4.69) is 51.1 Å². The molecule has 0 bridgehead atoms. The largest absolute Gasteiger partial charge is 0.496 e. The van der Waals surface area contributed by atoms with E-state index in [0.29, 0.717) is 22.0 Å². The molecule has 44 heavy (non-hydrogen) atoms. The van der Waals surface area contributed by atoms with E-state index in [1.165, 1.54) is 47.1 Å². The number of methoxy groups -OCH3 is 1. The number of nitrogens with one attached hydrogen (secondary N) is 1. The second-order valence-corrected chi connectivity index (χ2v) is 11.8. The average Bonchev–Trinajstić information content (AvgIpc) is 3.66. The van der Waals surface area contributed by atoms with Crippen LogP contribution in [0.1, 0.15) is 44.2 Å². The van der Waals surface area contributed by atoms with Crippen molar-refractivity contribution in [2.75, 3.05) is 45.7 Å². The molecule has 1 unspecified atom stereocenters. The fraction of sp³-hybridized carbons (Fsp3) is 0.265. The molecule has 4 aromatic rings. The molecule has 2 amide bonds. The average molecular weight is 610 g/mol. The number of benzene rings is 3. The predicted molar refractivity (Wildman–Crippen MR) is 168 cm³/mol. The van der Waals surface area contributed by atoms with Gasteiger partial charge in [0, 0.05) is 73.1 Å². The lowest BCUT2D eigenvalue weighted by Crippen LogP contribution is -2.43. The fourth-order valence-corrected chi connectivity index (χ4v) is 6.07. The number of nitrogens with zero attached hydrogens (tertiary/aromatic N) is 4. The van der Waals surface area contributed by atoms with Crippen LogP contribution in [0.4, 0.5) is 9.52 Å². The molecule has 2 aliphatic rings. The smallest absolute Gasteiger partial charge is 0.255 e. The van der Waals surface area contributed by atoms with Gasteiger partial charge in [-0.15, -0.1) is 11.3 Å². The monoisotopic (exact) mass is 609 g/mol. The van der Waals surface area contributed by atoms with Crippen LogP contribution in [0.2, 0.25) is 0 Å². The number of piperazine rings is 1. The summed E-state index contributed by atoms with van der Waals surface area (Å²) < 4.78 is 19.9. The highest BCUT2D eigenvalue weighted by molar-refractivity contribution is 7.13. The van der Waals surface area contributed by atoms with Gasteiger partial charge in [0.25, 0.3) is 11.8 Å². The first-order valence-electron chi connectivity index (χ1n) is 14.4. The molecule has 1 aromatic heterocycles. The van der Waals surface area contributed by atoms with E-state index < -0.39 is 17.8 Å². The molecule has 2 aliphatic heterocycles. The molecule has 1 saturated heterocycles. The fourth-order valence-electron chi connectivity index (χ4n) is 5.54. The Labute approximate surface area is 260 Å². The quantitative estimate of drug-likeness (QED) is 0.304. The number of likely N-dealkylation sites (N-methyl/N-ethyl adjacent to an activating group) is 1. The first-order valence-corrected chi connectivity index (χ1v) is 15.3. The van der Waals surface area contributed by atoms with Crippen LogP contribution in [-0.4, -0.2) is 71.8 Å². The van der Waals surface area contributed by atoms with Crippen molar-refractivity contribution in [3.8, 4) is 17.6 Å². The summed E-state index contributed by atoms with van der Waals surface area (Å²) in [4.78, 5) is 37.8. The molecule has 0 aliphatic carbocycles. The van der Waals surface area contributed by atoms with Crippen LogP contribution in [-0.2, 0) is 17.9 Å². The Morgan fingerprint density at radius 3 is 2.52 bits per heavy atom. The maximum absolute atomic E-state index is 14.4. The van der Waals surface area contributed by atoms with Gasteiger partial charge in [0.2, 0.25) is 0 Å². The topological polar surface area (TPSA) is 78.0 Å². The molecule has 3 heterocycles. The van der Waals surface area contributed by atoms with E-state index in [4.69, 9.17) is 4.74 Å². The maximum atomic E-state index is 14.4. The molecule has 6 rings (SSSR count). The summed E-state index contributed by atoms with van der Waals surface area (Å²) in [6.07, 6.45) is 1.57. The lowest BCUT2D eigenvalue weighted by molar-refractivity contribution is -0.120. The summed E-state index contributed by atoms with van der Waals surface area (Å²) in [6.45, 7) is 5.41. The highest BCUT2D eigenvalue weighted by Crippen LogP contribution is 2.37. The number of amides is 2. The molecule has 0 radical (unpaired) electrons. The number of thiazole rings is 1. The third-order valence-corrected chi connectivity index (χ3v) is 8.65. The summed E-state index contributed by atoms with van der Waals surface area (Å²) in [5, 5.41) is 4.87. The minimum absolute atomic E-state index is 0.173. The second-order valence-electron chi connectivity index (χ2n) is 10.9. The van der Waals surface area contributed by atoms with Crippen LogP contribution in [0, 0.1) is 17.7 Å². The lowest BCUT2D eigenvalue weighted by atomic mass is 10.0. The van der Waals surface area contributed by atoms with Crippen LogP contribution in [0.25, 0.3) is 0 Å². The van der Waals surface area contributed by atoms with Gasteiger partial charge in [-0.1, -0.05) is 30.0 Å². The van der Waals surface area contributed by atoms with Crippen molar-refractivity contribution < 1.29 is 18.7 Å². The first-order chi connectivity index (χ1) is 21.4. The van der Waals surface area contributed by atoms with Crippen molar-refractivity contribution in [3.63, 3.8) is 0 Å². The number of aromatic nitrogens is 1. The molecule has 1 atom stereocenters. The Hall–Kier alpha value is -4.56. The normalized spacial score (nSPS) is 15.8. The van der Waals surface area contributed by atoms with Crippen LogP contribution in [0.5, 0.6) is 5.75 Å². The molecule has 1 fully saturated rings. The zero-order valence-electron chi connectivity index (χ0n) is 24.5. The summed E-state index contributed by atoms with van der Waals surface area (Å²) in [7, 11) is 3.60. The number of anilines is 1. The van der Waals surface area contributed by atoms with Crippen molar-refractivity contribution in [1.82, 2.24) is 19.7 Å². The van der Waals surface area contributed by atoms with Gasteiger partial charge in [-0.3, -0.25) is 19.8 Å². The molecular weight excluding hydrogens is 577 g/mol. The number of carbonyl (C=O) groups excluding carboxylic acids is 2. The molecule has 224 valence electrons. The first kappa shape index (κ1) is 29.5. The number of ether oxygens (including phenoxy) is 1. The maximum Gasteiger partial charge on any atom is 0.255 e.